The van der Waals surface area contributed by atoms with Crippen LogP contribution in [0.2, 0.25) is 0 Å². The number of carbonyl (C=O) groups excluding carboxylic acids is 3. The SMILES string of the molecule is CCCNC(=O)CCC(=O)N1c2ccccc2NC2=C(C(=O)CC(C)(C)C2)[C@@H]1c1ccccc1. The van der Waals surface area contributed by atoms with Crippen molar-refractivity contribution in [2.24, 2.45) is 5.41 Å². The van der Waals surface area contributed by atoms with Gasteiger partial charge in [0, 0.05) is 37.1 Å². The van der Waals surface area contributed by atoms with Crippen LogP contribution in [-0.4, -0.2) is 24.1 Å². The zero-order chi connectivity index (χ0) is 24.3. The second-order valence-corrected chi connectivity index (χ2v) is 9.90. The minimum atomic E-state index is -0.554. The van der Waals surface area contributed by atoms with Gasteiger partial charge in [0.15, 0.2) is 5.78 Å². The highest BCUT2D eigenvalue weighted by Gasteiger charge is 2.43. The fourth-order valence-corrected chi connectivity index (χ4v) is 4.91. The van der Waals surface area contributed by atoms with Crippen molar-refractivity contribution in [2.75, 3.05) is 16.8 Å². The number of ketones is 1. The third-order valence-electron chi connectivity index (χ3n) is 6.42. The fraction of sp³-hybridized carbons (Fsp3) is 0.393. The van der Waals surface area contributed by atoms with E-state index in [1.807, 2.05) is 61.5 Å². The molecule has 2 N–H and O–H groups in total. The number of benzene rings is 2. The van der Waals surface area contributed by atoms with Gasteiger partial charge in [0.2, 0.25) is 11.8 Å². The first-order valence-corrected chi connectivity index (χ1v) is 12.1. The summed E-state index contributed by atoms with van der Waals surface area (Å²) in [6, 6.07) is 16.8. The molecule has 6 heteroatoms. The molecule has 0 unspecified atom stereocenters. The van der Waals surface area contributed by atoms with Crippen molar-refractivity contribution >= 4 is 29.0 Å². The second kappa shape index (κ2) is 9.84. The molecule has 6 nitrogen and oxygen atoms in total. The summed E-state index contributed by atoms with van der Waals surface area (Å²) in [6.07, 6.45) is 2.16. The van der Waals surface area contributed by atoms with Gasteiger partial charge in [-0.25, -0.2) is 0 Å². The van der Waals surface area contributed by atoms with Crippen LogP contribution in [0, 0.1) is 5.41 Å². The van der Waals surface area contributed by atoms with Crippen LogP contribution in [0.1, 0.15) is 64.5 Å². The van der Waals surface area contributed by atoms with Gasteiger partial charge in [0.05, 0.1) is 17.4 Å². The number of rotatable bonds is 6. The smallest absolute Gasteiger partial charge is 0.228 e. The van der Waals surface area contributed by atoms with E-state index in [-0.39, 0.29) is 35.9 Å². The van der Waals surface area contributed by atoms with Crippen LogP contribution in [0.15, 0.2) is 65.9 Å². The van der Waals surface area contributed by atoms with Gasteiger partial charge in [0.25, 0.3) is 0 Å². The van der Waals surface area contributed by atoms with E-state index in [1.54, 1.807) is 4.90 Å². The van der Waals surface area contributed by atoms with Crippen molar-refractivity contribution in [2.45, 2.75) is 58.9 Å². The average molecular weight is 460 g/mol. The van der Waals surface area contributed by atoms with Crippen molar-refractivity contribution in [1.82, 2.24) is 5.32 Å². The standard InChI is InChI=1S/C28H33N3O3/c1-4-16-29-24(33)14-15-25(34)31-22-13-9-8-12-20(22)30-21-17-28(2,3)18-23(32)26(21)27(31)19-10-6-5-7-11-19/h5-13,27,30H,4,14-18H2,1-3H3,(H,29,33)/t27-/m0/s1. The summed E-state index contributed by atoms with van der Waals surface area (Å²) in [5.74, 6) is -0.261. The molecule has 2 aromatic carbocycles. The topological polar surface area (TPSA) is 78.5 Å². The van der Waals surface area contributed by atoms with Crippen LogP contribution < -0.4 is 15.5 Å². The number of anilines is 2. The van der Waals surface area contributed by atoms with E-state index in [9.17, 15) is 14.4 Å². The molecular formula is C28H33N3O3. The summed E-state index contributed by atoms with van der Waals surface area (Å²) in [5, 5.41) is 6.35. The van der Waals surface area contributed by atoms with E-state index in [1.165, 1.54) is 0 Å². The van der Waals surface area contributed by atoms with Gasteiger partial charge in [-0.3, -0.25) is 19.3 Å². The predicted molar refractivity (Wildman–Crippen MR) is 134 cm³/mol. The first-order chi connectivity index (χ1) is 16.3. The van der Waals surface area contributed by atoms with Gasteiger partial charge in [0.1, 0.15) is 0 Å². The molecule has 4 rings (SSSR count). The first kappa shape index (κ1) is 23.7. The molecule has 0 saturated heterocycles. The minimum absolute atomic E-state index is 0.0545. The lowest BCUT2D eigenvalue weighted by Crippen LogP contribution is -2.40. The van der Waals surface area contributed by atoms with Crippen LogP contribution in [0.5, 0.6) is 0 Å². The zero-order valence-corrected chi connectivity index (χ0v) is 20.2. The van der Waals surface area contributed by atoms with Gasteiger partial charge in [-0.1, -0.05) is 63.2 Å². The van der Waals surface area contributed by atoms with Crippen molar-refractivity contribution in [3.05, 3.63) is 71.4 Å². The summed E-state index contributed by atoms with van der Waals surface area (Å²) >= 11 is 0. The monoisotopic (exact) mass is 459 g/mol. The molecule has 0 radical (unpaired) electrons. The van der Waals surface area contributed by atoms with Gasteiger partial charge < -0.3 is 10.6 Å². The van der Waals surface area contributed by atoms with Gasteiger partial charge in [-0.2, -0.15) is 0 Å². The Hall–Kier alpha value is -3.41. The normalized spacial score (nSPS) is 19.0. The highest BCUT2D eigenvalue weighted by Crippen LogP contribution is 2.48. The Bertz CT molecular complexity index is 1120. The van der Waals surface area contributed by atoms with E-state index in [2.05, 4.69) is 24.5 Å². The zero-order valence-electron chi connectivity index (χ0n) is 20.2. The molecule has 2 amide bonds. The number of para-hydroxylation sites is 2. The predicted octanol–water partition coefficient (Wildman–Crippen LogP) is 5.14. The number of amides is 2. The molecule has 0 spiro atoms. The molecule has 0 aromatic heterocycles. The van der Waals surface area contributed by atoms with E-state index in [0.717, 1.165) is 29.1 Å². The van der Waals surface area contributed by atoms with Crippen LogP contribution in [0.25, 0.3) is 0 Å². The van der Waals surface area contributed by atoms with Crippen molar-refractivity contribution < 1.29 is 14.4 Å². The molecule has 2 aliphatic rings. The van der Waals surface area contributed by atoms with Gasteiger partial charge in [-0.15, -0.1) is 0 Å². The molecule has 1 aliphatic carbocycles. The fourth-order valence-electron chi connectivity index (χ4n) is 4.91. The maximum atomic E-state index is 13.8. The number of hydrogen-bond donors (Lipinski definition) is 2. The van der Waals surface area contributed by atoms with Crippen molar-refractivity contribution in [3.63, 3.8) is 0 Å². The Morgan fingerprint density at radius 2 is 1.74 bits per heavy atom. The largest absolute Gasteiger partial charge is 0.357 e. The number of fused-ring (bicyclic) bond motifs is 1. The lowest BCUT2D eigenvalue weighted by atomic mass is 9.73. The summed E-state index contributed by atoms with van der Waals surface area (Å²) < 4.78 is 0. The number of carbonyl (C=O) groups is 3. The van der Waals surface area contributed by atoms with Crippen LogP contribution in [-0.2, 0) is 14.4 Å². The molecule has 1 aliphatic heterocycles. The van der Waals surface area contributed by atoms with Gasteiger partial charge in [-0.05, 0) is 36.0 Å². The van der Waals surface area contributed by atoms with Crippen LogP contribution >= 0.6 is 0 Å². The lowest BCUT2D eigenvalue weighted by molar-refractivity contribution is -0.125. The molecule has 34 heavy (non-hydrogen) atoms. The third kappa shape index (κ3) is 4.91. The van der Waals surface area contributed by atoms with Crippen molar-refractivity contribution in [1.29, 1.82) is 0 Å². The first-order valence-electron chi connectivity index (χ1n) is 12.1. The molecule has 0 fully saturated rings. The summed E-state index contributed by atoms with van der Waals surface area (Å²) in [5.41, 5.74) is 3.74. The highest BCUT2D eigenvalue weighted by molar-refractivity contribution is 6.06. The molecule has 2 aromatic rings. The molecule has 1 heterocycles. The average Bonchev–Trinajstić information content (AvgIpc) is 2.95. The van der Waals surface area contributed by atoms with E-state index >= 15 is 0 Å². The molecule has 1 atom stereocenters. The summed E-state index contributed by atoms with van der Waals surface area (Å²) in [4.78, 5) is 41.3. The van der Waals surface area contributed by atoms with Gasteiger partial charge >= 0.3 is 0 Å². The van der Waals surface area contributed by atoms with E-state index < -0.39 is 6.04 Å². The molecule has 0 bridgehead atoms. The quantitative estimate of drug-likeness (QED) is 0.627. The van der Waals surface area contributed by atoms with E-state index in [0.29, 0.717) is 25.0 Å². The Kier molecular flexibility index (Phi) is 6.87. The molecular weight excluding hydrogens is 426 g/mol. The number of allylic oxidation sites excluding steroid dienone is 1. The van der Waals surface area contributed by atoms with Crippen LogP contribution in [0.3, 0.4) is 0 Å². The third-order valence-corrected chi connectivity index (χ3v) is 6.42. The van der Waals surface area contributed by atoms with Crippen LogP contribution in [0.4, 0.5) is 11.4 Å². The number of nitrogens with one attached hydrogen (secondary N) is 2. The number of Topliss-reactive ketones (excluding diaryl/α,β-unsaturated/α-hetero) is 1. The Balaban J connectivity index is 1.82. The maximum Gasteiger partial charge on any atom is 0.228 e. The summed E-state index contributed by atoms with van der Waals surface area (Å²) in [6.45, 7) is 6.78. The summed E-state index contributed by atoms with van der Waals surface area (Å²) in [7, 11) is 0. The molecule has 178 valence electrons. The Morgan fingerprint density at radius 1 is 1.03 bits per heavy atom. The van der Waals surface area contributed by atoms with Crippen molar-refractivity contribution in [3.8, 4) is 0 Å². The molecule has 0 saturated carbocycles. The Morgan fingerprint density at radius 3 is 2.47 bits per heavy atom. The minimum Gasteiger partial charge on any atom is -0.357 e. The second-order valence-electron chi connectivity index (χ2n) is 9.90. The maximum absolute atomic E-state index is 13.8. The highest BCUT2D eigenvalue weighted by atomic mass is 16.2. The number of nitrogens with zero attached hydrogens (tertiary/aromatic N) is 1. The van der Waals surface area contributed by atoms with E-state index in [4.69, 9.17) is 0 Å². The lowest BCUT2D eigenvalue weighted by Gasteiger charge is -2.37. The Labute approximate surface area is 201 Å². The number of hydrogen-bond acceptors (Lipinski definition) is 4.